The number of carboxylic acid groups (broad SMARTS) is 1. The Labute approximate surface area is 107 Å². The van der Waals surface area contributed by atoms with Gasteiger partial charge in [0.25, 0.3) is 5.91 Å². The van der Waals surface area contributed by atoms with E-state index in [0.29, 0.717) is 10.4 Å². The Hall–Kier alpha value is -2.15. The second kappa shape index (κ2) is 5.97. The smallest absolute Gasteiger partial charge is 0.328 e. The predicted molar refractivity (Wildman–Crippen MR) is 67.1 cm³/mol. The third kappa shape index (κ3) is 4.02. The van der Waals surface area contributed by atoms with Crippen molar-refractivity contribution in [2.45, 2.75) is 13.0 Å². The van der Waals surface area contributed by atoms with Gasteiger partial charge in [-0.2, -0.15) is 0 Å². The number of rotatable bonds is 5. The number of aliphatic carboxylic acids is 1. The Bertz CT molecular complexity index is 507. The zero-order chi connectivity index (χ0) is 13.7. The molecule has 0 aromatic carbocycles. The maximum atomic E-state index is 11.7. The minimum Gasteiger partial charge on any atom is -0.478 e. The summed E-state index contributed by atoms with van der Waals surface area (Å²) in [5.41, 5.74) is 5.38. The molecule has 0 fully saturated rings. The minimum absolute atomic E-state index is 0.359. The number of primary amides is 1. The number of carbonyl (C=O) groups is 3. The molecule has 0 spiro atoms. The zero-order valence-electron chi connectivity index (χ0n) is 9.54. The van der Waals surface area contributed by atoms with Gasteiger partial charge in [-0.3, -0.25) is 9.59 Å². The topological polar surface area (TPSA) is 109 Å². The summed E-state index contributed by atoms with van der Waals surface area (Å²) < 4.78 is 0. The standard InChI is InChI=1S/C11H12N2O4S/c1-6(10(12)16)13-11(17)7-4-8(18-5-7)2-3-9(14)15/h2-6H,1H3,(H2,12,16)(H,13,17)(H,14,15)/b3-2+. The summed E-state index contributed by atoms with van der Waals surface area (Å²) >= 11 is 1.23. The number of amides is 2. The monoisotopic (exact) mass is 268 g/mol. The van der Waals surface area contributed by atoms with Crippen LogP contribution in [0.2, 0.25) is 0 Å². The Morgan fingerprint density at radius 2 is 2.17 bits per heavy atom. The lowest BCUT2D eigenvalue weighted by atomic mass is 10.2. The molecule has 1 aromatic heterocycles. The van der Waals surface area contributed by atoms with Crippen LogP contribution < -0.4 is 11.1 Å². The van der Waals surface area contributed by atoms with E-state index >= 15 is 0 Å². The van der Waals surface area contributed by atoms with Crippen LogP contribution in [-0.2, 0) is 9.59 Å². The molecule has 0 saturated carbocycles. The van der Waals surface area contributed by atoms with Crippen LogP contribution in [0.5, 0.6) is 0 Å². The highest BCUT2D eigenvalue weighted by Crippen LogP contribution is 2.16. The van der Waals surface area contributed by atoms with Crippen LogP contribution in [0.15, 0.2) is 17.5 Å². The van der Waals surface area contributed by atoms with Gasteiger partial charge in [0.1, 0.15) is 6.04 Å². The molecule has 18 heavy (non-hydrogen) atoms. The molecule has 0 saturated heterocycles. The molecular weight excluding hydrogens is 256 g/mol. The molecule has 1 unspecified atom stereocenters. The molecule has 1 heterocycles. The molecule has 0 radical (unpaired) electrons. The van der Waals surface area contributed by atoms with Crippen molar-refractivity contribution < 1.29 is 19.5 Å². The summed E-state index contributed by atoms with van der Waals surface area (Å²) in [6.07, 6.45) is 2.38. The van der Waals surface area contributed by atoms with Crippen LogP contribution in [0.4, 0.5) is 0 Å². The van der Waals surface area contributed by atoms with E-state index in [1.165, 1.54) is 30.4 Å². The van der Waals surface area contributed by atoms with Gasteiger partial charge < -0.3 is 16.2 Å². The number of thiophene rings is 1. The molecule has 0 bridgehead atoms. The van der Waals surface area contributed by atoms with Crippen molar-refractivity contribution in [3.05, 3.63) is 28.0 Å². The minimum atomic E-state index is -1.06. The maximum absolute atomic E-state index is 11.7. The summed E-state index contributed by atoms with van der Waals surface area (Å²) in [7, 11) is 0. The lowest BCUT2D eigenvalue weighted by Crippen LogP contribution is -2.42. The molecule has 7 heteroatoms. The van der Waals surface area contributed by atoms with Crippen molar-refractivity contribution in [1.29, 1.82) is 0 Å². The van der Waals surface area contributed by atoms with E-state index < -0.39 is 23.8 Å². The first kappa shape index (κ1) is 13.9. The third-order valence-electron chi connectivity index (χ3n) is 2.05. The summed E-state index contributed by atoms with van der Waals surface area (Å²) in [6.45, 7) is 1.48. The van der Waals surface area contributed by atoms with E-state index in [0.717, 1.165) is 6.08 Å². The van der Waals surface area contributed by atoms with Gasteiger partial charge in [-0.1, -0.05) is 0 Å². The van der Waals surface area contributed by atoms with E-state index in [2.05, 4.69) is 5.32 Å². The SMILES string of the molecule is CC(NC(=O)c1csc(/C=C/C(=O)O)c1)C(N)=O. The van der Waals surface area contributed by atoms with Gasteiger partial charge in [0.15, 0.2) is 0 Å². The Morgan fingerprint density at radius 3 is 2.72 bits per heavy atom. The third-order valence-corrected chi connectivity index (χ3v) is 2.94. The second-order valence-corrected chi connectivity index (χ2v) is 4.45. The average molecular weight is 268 g/mol. The van der Waals surface area contributed by atoms with E-state index in [-0.39, 0.29) is 0 Å². The molecule has 1 atom stereocenters. The van der Waals surface area contributed by atoms with Crippen LogP contribution in [0.1, 0.15) is 22.2 Å². The van der Waals surface area contributed by atoms with E-state index in [1.54, 1.807) is 5.38 Å². The number of hydrogen-bond donors (Lipinski definition) is 3. The molecule has 0 aliphatic rings. The van der Waals surface area contributed by atoms with Gasteiger partial charge in [-0.25, -0.2) is 4.79 Å². The fourth-order valence-corrected chi connectivity index (χ4v) is 1.84. The van der Waals surface area contributed by atoms with E-state index in [9.17, 15) is 14.4 Å². The number of carboxylic acids is 1. The van der Waals surface area contributed by atoms with Crippen molar-refractivity contribution in [3.63, 3.8) is 0 Å². The van der Waals surface area contributed by atoms with Gasteiger partial charge >= 0.3 is 5.97 Å². The van der Waals surface area contributed by atoms with Gasteiger partial charge in [0.05, 0.1) is 5.56 Å². The fraction of sp³-hybridized carbons (Fsp3) is 0.182. The van der Waals surface area contributed by atoms with Crippen molar-refractivity contribution in [1.82, 2.24) is 5.32 Å². The number of nitrogens with two attached hydrogens (primary N) is 1. The van der Waals surface area contributed by atoms with Crippen molar-refractivity contribution in [2.24, 2.45) is 5.73 Å². The van der Waals surface area contributed by atoms with Crippen LogP contribution in [0, 0.1) is 0 Å². The molecule has 6 nitrogen and oxygen atoms in total. The lowest BCUT2D eigenvalue weighted by Gasteiger charge is -2.08. The van der Waals surface area contributed by atoms with Gasteiger partial charge in [-0.05, 0) is 19.1 Å². The van der Waals surface area contributed by atoms with Crippen molar-refractivity contribution in [2.75, 3.05) is 0 Å². The highest BCUT2D eigenvalue weighted by Gasteiger charge is 2.14. The molecule has 4 N–H and O–H groups in total. The maximum Gasteiger partial charge on any atom is 0.328 e. The molecule has 2 amide bonds. The van der Waals surface area contributed by atoms with Crippen molar-refractivity contribution in [3.8, 4) is 0 Å². The van der Waals surface area contributed by atoms with Crippen molar-refractivity contribution >= 4 is 35.2 Å². The lowest BCUT2D eigenvalue weighted by molar-refractivity contribution is -0.131. The first-order valence-electron chi connectivity index (χ1n) is 5.00. The van der Waals surface area contributed by atoms with Crippen LogP contribution in [0.25, 0.3) is 6.08 Å². The van der Waals surface area contributed by atoms with E-state index in [4.69, 9.17) is 10.8 Å². The van der Waals surface area contributed by atoms with Gasteiger partial charge in [-0.15, -0.1) is 11.3 Å². The molecule has 1 rings (SSSR count). The summed E-state index contributed by atoms with van der Waals surface area (Å²) in [6, 6.07) is 0.781. The van der Waals surface area contributed by atoms with Crippen LogP contribution in [0.3, 0.4) is 0 Å². The summed E-state index contributed by atoms with van der Waals surface area (Å²) in [4.78, 5) is 33.4. The highest BCUT2D eigenvalue weighted by molar-refractivity contribution is 7.11. The Kier molecular flexibility index (Phi) is 4.61. The van der Waals surface area contributed by atoms with Gasteiger partial charge in [0, 0.05) is 16.3 Å². The quantitative estimate of drug-likeness (QED) is 0.673. The Morgan fingerprint density at radius 1 is 1.50 bits per heavy atom. The highest BCUT2D eigenvalue weighted by atomic mass is 32.1. The number of hydrogen-bond acceptors (Lipinski definition) is 4. The van der Waals surface area contributed by atoms with Crippen LogP contribution in [-0.4, -0.2) is 28.9 Å². The van der Waals surface area contributed by atoms with Gasteiger partial charge in [0.2, 0.25) is 5.91 Å². The molecular formula is C11H12N2O4S. The average Bonchev–Trinajstić information content (AvgIpc) is 2.74. The second-order valence-electron chi connectivity index (χ2n) is 3.51. The normalized spacial score (nSPS) is 12.3. The number of nitrogens with one attached hydrogen (secondary N) is 1. The summed E-state index contributed by atoms with van der Waals surface area (Å²) in [5.74, 6) is -2.10. The first-order chi connectivity index (χ1) is 8.40. The molecule has 96 valence electrons. The fourth-order valence-electron chi connectivity index (χ4n) is 1.06. The predicted octanol–water partition coefficient (Wildman–Crippen LogP) is 0.450. The van der Waals surface area contributed by atoms with E-state index in [1.807, 2.05) is 0 Å². The first-order valence-corrected chi connectivity index (χ1v) is 5.88. The molecule has 1 aromatic rings. The Balaban J connectivity index is 2.71. The molecule has 0 aliphatic carbocycles. The number of carbonyl (C=O) groups excluding carboxylic acids is 2. The molecule has 0 aliphatic heterocycles. The largest absolute Gasteiger partial charge is 0.478 e. The van der Waals surface area contributed by atoms with Crippen LogP contribution >= 0.6 is 11.3 Å². The summed E-state index contributed by atoms with van der Waals surface area (Å²) in [5, 5.41) is 12.5. The zero-order valence-corrected chi connectivity index (χ0v) is 10.4.